The van der Waals surface area contributed by atoms with E-state index in [0.717, 1.165) is 35.2 Å². The first-order valence-corrected chi connectivity index (χ1v) is 10.3. The number of rotatable bonds is 3. The number of aromatic nitrogens is 1. The summed E-state index contributed by atoms with van der Waals surface area (Å²) in [6, 6.07) is 8.25. The molecule has 1 saturated carbocycles. The van der Waals surface area contributed by atoms with Crippen LogP contribution in [-0.2, 0) is 11.3 Å². The van der Waals surface area contributed by atoms with Crippen molar-refractivity contribution in [3.05, 3.63) is 52.6 Å². The van der Waals surface area contributed by atoms with Crippen LogP contribution in [0.2, 0.25) is 0 Å². The number of amides is 2. The van der Waals surface area contributed by atoms with Gasteiger partial charge in [0.25, 0.3) is 11.1 Å². The number of allylic oxidation sites excluding steroid dienone is 2. The van der Waals surface area contributed by atoms with Crippen LogP contribution in [0.4, 0.5) is 4.79 Å². The highest BCUT2D eigenvalue weighted by Crippen LogP contribution is 2.59. The van der Waals surface area contributed by atoms with E-state index >= 15 is 0 Å². The third kappa shape index (κ3) is 2.59. The first-order valence-electron chi connectivity index (χ1n) is 9.45. The molecular formula is C22H22N2O2S. The van der Waals surface area contributed by atoms with E-state index in [-0.39, 0.29) is 11.1 Å². The number of thioether (sulfide) groups is 1. The summed E-state index contributed by atoms with van der Waals surface area (Å²) in [7, 11) is 0. The molecule has 1 aromatic heterocycles. The van der Waals surface area contributed by atoms with Gasteiger partial charge in [-0.15, -0.1) is 0 Å². The molecule has 2 bridgehead atoms. The number of imide groups is 1. The van der Waals surface area contributed by atoms with E-state index in [1.54, 1.807) is 5.57 Å². The van der Waals surface area contributed by atoms with E-state index in [0.29, 0.717) is 16.2 Å². The molecule has 4 aliphatic rings. The summed E-state index contributed by atoms with van der Waals surface area (Å²) >= 11 is 0.963. The van der Waals surface area contributed by atoms with E-state index in [1.165, 1.54) is 18.4 Å². The van der Waals surface area contributed by atoms with Crippen molar-refractivity contribution in [1.29, 1.82) is 0 Å². The summed E-state index contributed by atoms with van der Waals surface area (Å²) in [6.45, 7) is 5.74. The molecule has 2 aromatic rings. The number of fused-ring (bicyclic) bond motifs is 2. The molecule has 1 N–H and O–H groups in total. The lowest BCUT2D eigenvalue weighted by atomic mass is 9.49. The van der Waals surface area contributed by atoms with Gasteiger partial charge in [0.1, 0.15) is 0 Å². The van der Waals surface area contributed by atoms with Crippen LogP contribution >= 0.6 is 11.8 Å². The summed E-state index contributed by atoms with van der Waals surface area (Å²) < 4.78 is 2.31. The van der Waals surface area contributed by atoms with Gasteiger partial charge >= 0.3 is 0 Å². The second-order valence-electron chi connectivity index (χ2n) is 8.40. The van der Waals surface area contributed by atoms with Gasteiger partial charge in [-0.2, -0.15) is 0 Å². The summed E-state index contributed by atoms with van der Waals surface area (Å²) in [5.74, 6) is 1.24. The molecule has 2 heterocycles. The minimum absolute atomic E-state index is 0.304. The monoisotopic (exact) mass is 378 g/mol. The Labute approximate surface area is 162 Å². The zero-order chi connectivity index (χ0) is 18.8. The predicted octanol–water partition coefficient (Wildman–Crippen LogP) is 4.96. The zero-order valence-corrected chi connectivity index (χ0v) is 16.3. The van der Waals surface area contributed by atoms with Crippen LogP contribution in [0.25, 0.3) is 17.0 Å². The van der Waals surface area contributed by atoms with Gasteiger partial charge in [0.2, 0.25) is 0 Å². The summed E-state index contributed by atoms with van der Waals surface area (Å²) in [5, 5.41) is 3.12. The number of carbonyl (C=O) groups is 2. The molecule has 2 atom stereocenters. The van der Waals surface area contributed by atoms with Gasteiger partial charge in [-0.25, -0.2) is 0 Å². The second-order valence-corrected chi connectivity index (χ2v) is 9.41. The molecule has 3 aliphatic carbocycles. The fourth-order valence-electron chi connectivity index (χ4n) is 4.93. The molecule has 4 nitrogen and oxygen atoms in total. The predicted molar refractivity (Wildman–Crippen MR) is 109 cm³/mol. The van der Waals surface area contributed by atoms with E-state index < -0.39 is 0 Å². The maximum atomic E-state index is 11.9. The average molecular weight is 378 g/mol. The number of nitrogens with one attached hydrogen (secondary N) is 1. The molecule has 1 saturated heterocycles. The number of benzene rings is 1. The Morgan fingerprint density at radius 1 is 1.30 bits per heavy atom. The molecule has 27 heavy (non-hydrogen) atoms. The SMILES string of the molecule is CC1(C)[C@H]2CC=C(Cn3ccc4c(C=C5SC(=O)NC5=O)cccc43)[C@H]1C2. The normalized spacial score (nSPS) is 27.6. The van der Waals surface area contributed by atoms with Crippen LogP contribution in [0.5, 0.6) is 0 Å². The summed E-state index contributed by atoms with van der Waals surface area (Å²) in [6.07, 6.45) is 8.94. The Balaban J connectivity index is 1.48. The van der Waals surface area contributed by atoms with E-state index in [9.17, 15) is 9.59 Å². The van der Waals surface area contributed by atoms with Crippen LogP contribution in [0.1, 0.15) is 32.3 Å². The Morgan fingerprint density at radius 3 is 2.85 bits per heavy atom. The van der Waals surface area contributed by atoms with Gasteiger partial charge in [-0.05, 0) is 65.6 Å². The van der Waals surface area contributed by atoms with Crippen LogP contribution in [0, 0.1) is 17.3 Å². The standard InChI is InChI=1S/C22H22N2O2S/c1-22(2)15-7-6-14(17(22)11-15)12-24-9-8-16-13(4-3-5-18(16)24)10-19-20(25)23-21(26)27-19/h3-6,8-10,15,17H,7,11-12H2,1-2H3,(H,23,25,26)/t15-,17+/m0/s1. The van der Waals surface area contributed by atoms with Crippen LogP contribution in [-0.4, -0.2) is 15.7 Å². The number of hydrogen-bond donors (Lipinski definition) is 1. The number of hydrogen-bond acceptors (Lipinski definition) is 3. The highest BCUT2D eigenvalue weighted by atomic mass is 32.2. The van der Waals surface area contributed by atoms with Crippen molar-refractivity contribution in [2.75, 3.05) is 0 Å². The summed E-state index contributed by atoms with van der Waals surface area (Å²) in [4.78, 5) is 23.7. The molecule has 2 fully saturated rings. The third-order valence-electron chi connectivity index (χ3n) is 6.71. The van der Waals surface area contributed by atoms with Gasteiger partial charge in [0.05, 0.1) is 4.91 Å². The minimum Gasteiger partial charge on any atom is -0.343 e. The highest BCUT2D eigenvalue weighted by Gasteiger charge is 2.50. The van der Waals surface area contributed by atoms with Crippen molar-refractivity contribution < 1.29 is 9.59 Å². The van der Waals surface area contributed by atoms with Crippen LogP contribution in [0.3, 0.4) is 0 Å². The molecule has 0 radical (unpaired) electrons. The molecule has 2 amide bonds. The highest BCUT2D eigenvalue weighted by molar-refractivity contribution is 8.18. The van der Waals surface area contributed by atoms with Gasteiger partial charge in [-0.3, -0.25) is 14.9 Å². The average Bonchev–Trinajstić information content (AvgIpc) is 3.18. The lowest BCUT2D eigenvalue weighted by molar-refractivity contribution is -0.115. The zero-order valence-electron chi connectivity index (χ0n) is 15.5. The minimum atomic E-state index is -0.310. The molecule has 6 rings (SSSR count). The molecule has 5 heteroatoms. The van der Waals surface area contributed by atoms with E-state index in [2.05, 4.69) is 48.1 Å². The Kier molecular flexibility index (Phi) is 3.66. The quantitative estimate of drug-likeness (QED) is 0.607. The second kappa shape index (κ2) is 5.86. The molecule has 0 unspecified atom stereocenters. The van der Waals surface area contributed by atoms with Crippen LogP contribution < -0.4 is 5.32 Å². The summed E-state index contributed by atoms with van der Waals surface area (Å²) in [5.41, 5.74) is 4.13. The van der Waals surface area contributed by atoms with Crippen molar-refractivity contribution >= 4 is 39.9 Å². The van der Waals surface area contributed by atoms with Crippen molar-refractivity contribution in [1.82, 2.24) is 9.88 Å². The van der Waals surface area contributed by atoms with E-state index in [1.807, 2.05) is 18.2 Å². The van der Waals surface area contributed by atoms with Crippen molar-refractivity contribution in [3.8, 4) is 0 Å². The molecule has 0 spiro atoms. The maximum absolute atomic E-state index is 11.9. The van der Waals surface area contributed by atoms with Crippen molar-refractivity contribution in [2.24, 2.45) is 17.3 Å². The van der Waals surface area contributed by atoms with E-state index in [4.69, 9.17) is 0 Å². The van der Waals surface area contributed by atoms with Crippen molar-refractivity contribution in [3.63, 3.8) is 0 Å². The number of carbonyl (C=O) groups excluding carboxylic acids is 2. The smallest absolute Gasteiger partial charge is 0.290 e. The van der Waals surface area contributed by atoms with Crippen molar-refractivity contribution in [2.45, 2.75) is 33.2 Å². The molecule has 1 aromatic carbocycles. The van der Waals surface area contributed by atoms with Gasteiger partial charge in [0.15, 0.2) is 0 Å². The molecule has 1 aliphatic heterocycles. The fourth-order valence-corrected chi connectivity index (χ4v) is 5.60. The van der Waals surface area contributed by atoms with Crippen LogP contribution in [0.15, 0.2) is 47.0 Å². The molecular weight excluding hydrogens is 356 g/mol. The third-order valence-corrected chi connectivity index (χ3v) is 7.52. The lowest BCUT2D eigenvalue weighted by Gasteiger charge is -2.56. The van der Waals surface area contributed by atoms with Gasteiger partial charge in [0, 0.05) is 23.6 Å². The van der Waals surface area contributed by atoms with Gasteiger partial charge in [-0.1, -0.05) is 37.6 Å². The Hall–Kier alpha value is -2.27. The largest absolute Gasteiger partial charge is 0.343 e. The first-order chi connectivity index (χ1) is 12.9. The lowest BCUT2D eigenvalue weighted by Crippen LogP contribution is -2.48. The Bertz CT molecular complexity index is 1040. The van der Waals surface area contributed by atoms with Gasteiger partial charge < -0.3 is 4.57 Å². The Morgan fingerprint density at radius 2 is 2.15 bits per heavy atom. The number of nitrogens with zero attached hydrogens (tertiary/aromatic N) is 1. The fraction of sp³-hybridized carbons (Fsp3) is 0.364. The maximum Gasteiger partial charge on any atom is 0.290 e. The first kappa shape index (κ1) is 16.9. The molecule has 138 valence electrons. The topological polar surface area (TPSA) is 51.1 Å².